The van der Waals surface area contributed by atoms with E-state index in [2.05, 4.69) is 15.2 Å². The lowest BCUT2D eigenvalue weighted by atomic mass is 10.1. The van der Waals surface area contributed by atoms with Gasteiger partial charge in [0.05, 0.1) is 0 Å². The summed E-state index contributed by atoms with van der Waals surface area (Å²) in [5.74, 6) is 0.0223. The Hall–Kier alpha value is -1.88. The lowest BCUT2D eigenvalue weighted by Gasteiger charge is -2.16. The van der Waals surface area contributed by atoms with Crippen LogP contribution >= 0.6 is 11.3 Å². The van der Waals surface area contributed by atoms with Crippen LogP contribution in [-0.4, -0.2) is 30.0 Å². The molecule has 0 unspecified atom stereocenters. The van der Waals surface area contributed by atoms with Crippen molar-refractivity contribution in [3.05, 3.63) is 47.0 Å². The molecule has 0 aliphatic carbocycles. The number of benzene rings is 1. The number of carbonyl (C=O) groups is 1. The molecule has 4 nitrogen and oxygen atoms in total. The Morgan fingerprint density at radius 2 is 2.30 bits per heavy atom. The van der Waals surface area contributed by atoms with Crippen molar-refractivity contribution in [1.29, 1.82) is 0 Å². The molecule has 1 atom stereocenters. The molecule has 1 aliphatic heterocycles. The van der Waals surface area contributed by atoms with Gasteiger partial charge in [0.25, 0.3) is 5.91 Å². The van der Waals surface area contributed by atoms with Crippen LogP contribution in [0.5, 0.6) is 0 Å². The van der Waals surface area contributed by atoms with E-state index in [1.807, 2.05) is 42.8 Å². The van der Waals surface area contributed by atoms with Crippen molar-refractivity contribution >= 4 is 22.4 Å². The molecule has 20 heavy (non-hydrogen) atoms. The SMILES string of the molecule is Cc1ccccc1C(=O)N[C@@H]1CCN(c2nccs2)C1. The van der Waals surface area contributed by atoms with Crippen LogP contribution in [0.15, 0.2) is 35.8 Å². The van der Waals surface area contributed by atoms with E-state index in [9.17, 15) is 4.79 Å². The average molecular weight is 287 g/mol. The van der Waals surface area contributed by atoms with Crippen LogP contribution in [0.4, 0.5) is 5.13 Å². The summed E-state index contributed by atoms with van der Waals surface area (Å²) in [6.45, 7) is 3.75. The number of aryl methyl sites for hydroxylation is 1. The molecule has 1 aromatic heterocycles. The molecule has 2 heterocycles. The molecule has 0 saturated carbocycles. The summed E-state index contributed by atoms with van der Waals surface area (Å²) in [4.78, 5) is 18.8. The van der Waals surface area contributed by atoms with E-state index in [0.29, 0.717) is 0 Å². The molecule has 0 radical (unpaired) electrons. The fraction of sp³-hybridized carbons (Fsp3) is 0.333. The van der Waals surface area contributed by atoms with Crippen molar-refractivity contribution in [1.82, 2.24) is 10.3 Å². The number of anilines is 1. The molecule has 1 saturated heterocycles. The largest absolute Gasteiger partial charge is 0.347 e. The number of nitrogens with one attached hydrogen (secondary N) is 1. The highest BCUT2D eigenvalue weighted by atomic mass is 32.1. The van der Waals surface area contributed by atoms with E-state index in [4.69, 9.17) is 0 Å². The van der Waals surface area contributed by atoms with E-state index in [1.54, 1.807) is 11.3 Å². The first-order chi connectivity index (χ1) is 9.74. The van der Waals surface area contributed by atoms with Gasteiger partial charge in [0.1, 0.15) is 0 Å². The Balaban J connectivity index is 1.62. The Kier molecular flexibility index (Phi) is 3.69. The van der Waals surface area contributed by atoms with Gasteiger partial charge < -0.3 is 10.2 Å². The monoisotopic (exact) mass is 287 g/mol. The van der Waals surface area contributed by atoms with Gasteiger partial charge in [0.2, 0.25) is 0 Å². The van der Waals surface area contributed by atoms with Crippen molar-refractivity contribution in [2.75, 3.05) is 18.0 Å². The highest BCUT2D eigenvalue weighted by molar-refractivity contribution is 7.13. The number of thiazole rings is 1. The van der Waals surface area contributed by atoms with Gasteiger partial charge in [0.15, 0.2) is 5.13 Å². The van der Waals surface area contributed by atoms with Gasteiger partial charge in [-0.2, -0.15) is 0 Å². The van der Waals surface area contributed by atoms with Crippen molar-refractivity contribution < 1.29 is 4.79 Å². The van der Waals surface area contributed by atoms with E-state index in [0.717, 1.165) is 35.8 Å². The highest BCUT2D eigenvalue weighted by Gasteiger charge is 2.25. The number of carbonyl (C=O) groups excluding carboxylic acids is 1. The van der Waals surface area contributed by atoms with E-state index in [1.165, 1.54) is 0 Å². The third-order valence-electron chi connectivity index (χ3n) is 3.60. The second kappa shape index (κ2) is 5.63. The Morgan fingerprint density at radius 1 is 1.45 bits per heavy atom. The van der Waals surface area contributed by atoms with Crippen molar-refractivity contribution in [3.8, 4) is 0 Å². The number of amides is 1. The van der Waals surface area contributed by atoms with Gasteiger partial charge >= 0.3 is 0 Å². The molecule has 104 valence electrons. The van der Waals surface area contributed by atoms with Gasteiger partial charge in [-0.15, -0.1) is 11.3 Å². The summed E-state index contributed by atoms with van der Waals surface area (Å²) in [7, 11) is 0. The second-order valence-electron chi connectivity index (χ2n) is 5.03. The number of hydrogen-bond acceptors (Lipinski definition) is 4. The summed E-state index contributed by atoms with van der Waals surface area (Å²) >= 11 is 1.64. The molecule has 0 spiro atoms. The number of nitrogens with zero attached hydrogens (tertiary/aromatic N) is 2. The first-order valence-electron chi connectivity index (χ1n) is 6.75. The molecular weight excluding hydrogens is 270 g/mol. The van der Waals surface area contributed by atoms with Crippen LogP contribution in [0, 0.1) is 6.92 Å². The maximum atomic E-state index is 12.3. The van der Waals surface area contributed by atoms with Crippen LogP contribution in [0.2, 0.25) is 0 Å². The average Bonchev–Trinajstić information content (AvgIpc) is 3.09. The highest BCUT2D eigenvalue weighted by Crippen LogP contribution is 2.22. The van der Waals surface area contributed by atoms with Crippen LogP contribution in [0.3, 0.4) is 0 Å². The maximum Gasteiger partial charge on any atom is 0.251 e. The van der Waals surface area contributed by atoms with Gasteiger partial charge in [-0.25, -0.2) is 4.98 Å². The minimum atomic E-state index is 0.0223. The summed E-state index contributed by atoms with van der Waals surface area (Å²) in [6.07, 6.45) is 2.79. The Bertz CT molecular complexity index is 597. The predicted molar refractivity (Wildman–Crippen MR) is 81.4 cm³/mol. The molecule has 5 heteroatoms. The normalized spacial score (nSPS) is 18.2. The van der Waals surface area contributed by atoms with Crippen LogP contribution in [0.25, 0.3) is 0 Å². The molecule has 0 bridgehead atoms. The molecule has 2 aromatic rings. The zero-order valence-electron chi connectivity index (χ0n) is 11.4. The zero-order valence-corrected chi connectivity index (χ0v) is 12.2. The van der Waals surface area contributed by atoms with E-state index < -0.39 is 0 Å². The number of aromatic nitrogens is 1. The van der Waals surface area contributed by atoms with Crippen LogP contribution < -0.4 is 10.2 Å². The van der Waals surface area contributed by atoms with Gasteiger partial charge in [0, 0.05) is 36.3 Å². The molecular formula is C15H17N3OS. The minimum absolute atomic E-state index is 0.0223. The first-order valence-corrected chi connectivity index (χ1v) is 7.63. The summed E-state index contributed by atoms with van der Waals surface area (Å²) in [5.41, 5.74) is 1.78. The van der Waals surface area contributed by atoms with Crippen LogP contribution in [0.1, 0.15) is 22.3 Å². The maximum absolute atomic E-state index is 12.3. The fourth-order valence-electron chi connectivity index (χ4n) is 2.51. The molecule has 1 aromatic carbocycles. The standard InChI is InChI=1S/C15H17N3OS/c1-11-4-2-3-5-13(11)14(19)17-12-6-8-18(10-12)15-16-7-9-20-15/h2-5,7,9,12H,6,8,10H2,1H3,(H,17,19)/t12-/m1/s1. The van der Waals surface area contributed by atoms with Crippen molar-refractivity contribution in [2.24, 2.45) is 0 Å². The van der Waals surface area contributed by atoms with Crippen molar-refractivity contribution in [3.63, 3.8) is 0 Å². The fourth-order valence-corrected chi connectivity index (χ4v) is 3.19. The van der Waals surface area contributed by atoms with E-state index >= 15 is 0 Å². The Labute approximate surface area is 122 Å². The van der Waals surface area contributed by atoms with Crippen LogP contribution in [-0.2, 0) is 0 Å². The molecule has 3 rings (SSSR count). The quantitative estimate of drug-likeness (QED) is 0.943. The topological polar surface area (TPSA) is 45.2 Å². The predicted octanol–water partition coefficient (Wildman–Crippen LogP) is 2.46. The number of rotatable bonds is 3. The Morgan fingerprint density at radius 3 is 3.05 bits per heavy atom. The van der Waals surface area contributed by atoms with E-state index in [-0.39, 0.29) is 11.9 Å². The second-order valence-corrected chi connectivity index (χ2v) is 5.91. The first kappa shape index (κ1) is 13.1. The lowest BCUT2D eigenvalue weighted by Crippen LogP contribution is -2.37. The smallest absolute Gasteiger partial charge is 0.251 e. The summed E-state index contributed by atoms with van der Waals surface area (Å²) in [5, 5.41) is 6.14. The van der Waals surface area contributed by atoms with Gasteiger partial charge in [-0.05, 0) is 25.0 Å². The van der Waals surface area contributed by atoms with Crippen molar-refractivity contribution in [2.45, 2.75) is 19.4 Å². The third kappa shape index (κ3) is 2.67. The molecule has 1 N–H and O–H groups in total. The van der Waals surface area contributed by atoms with Gasteiger partial charge in [-0.1, -0.05) is 18.2 Å². The summed E-state index contributed by atoms with van der Waals surface area (Å²) in [6, 6.07) is 7.89. The zero-order chi connectivity index (χ0) is 13.9. The third-order valence-corrected chi connectivity index (χ3v) is 4.44. The molecule has 1 amide bonds. The summed E-state index contributed by atoms with van der Waals surface area (Å²) < 4.78 is 0. The number of hydrogen-bond donors (Lipinski definition) is 1. The molecule has 1 fully saturated rings. The lowest BCUT2D eigenvalue weighted by molar-refractivity contribution is 0.0940. The molecule has 1 aliphatic rings. The van der Waals surface area contributed by atoms with Gasteiger partial charge in [-0.3, -0.25) is 4.79 Å². The minimum Gasteiger partial charge on any atom is -0.347 e.